The topological polar surface area (TPSA) is 51.1 Å². The van der Waals surface area contributed by atoms with Crippen molar-refractivity contribution in [1.29, 1.82) is 0 Å². The maximum Gasteiger partial charge on any atom is 0.260 e. The zero-order valence-electron chi connectivity index (χ0n) is 17.0. The average molecular weight is 396 g/mol. The molecule has 150 valence electrons. The second-order valence-electron chi connectivity index (χ2n) is 8.04. The lowest BCUT2D eigenvalue weighted by Gasteiger charge is -2.36. The third-order valence-electron chi connectivity index (χ3n) is 6.24. The largest absolute Gasteiger partial charge is 0.293 e. The van der Waals surface area contributed by atoms with Crippen LogP contribution >= 0.6 is 0 Å². The number of fused-ring (bicyclic) bond motifs is 3. The minimum absolute atomic E-state index is 0.113. The highest BCUT2D eigenvalue weighted by Gasteiger charge is 2.50. The Hall–Kier alpha value is -3.24. The summed E-state index contributed by atoms with van der Waals surface area (Å²) in [5.74, 6) is -0.278. The first-order valence-corrected chi connectivity index (χ1v) is 10.6. The maximum atomic E-state index is 14.0. The van der Waals surface area contributed by atoms with Gasteiger partial charge >= 0.3 is 0 Å². The summed E-state index contributed by atoms with van der Waals surface area (Å²) in [5.41, 5.74) is 2.02. The monoisotopic (exact) mass is 396 g/mol. The average Bonchev–Trinajstić information content (AvgIpc) is 3.13. The van der Waals surface area contributed by atoms with Gasteiger partial charge in [0.15, 0.2) is 11.3 Å². The number of ketones is 1. The minimum atomic E-state index is -1.26. The third kappa shape index (κ3) is 2.64. The molecule has 0 fully saturated rings. The van der Waals surface area contributed by atoms with Crippen molar-refractivity contribution < 1.29 is 9.59 Å². The van der Waals surface area contributed by atoms with Gasteiger partial charge in [0, 0.05) is 22.9 Å². The van der Waals surface area contributed by atoms with E-state index in [0.29, 0.717) is 18.5 Å². The normalized spacial score (nSPS) is 18.4. The third-order valence-corrected chi connectivity index (χ3v) is 6.24. The molecule has 1 aliphatic heterocycles. The molecule has 2 heterocycles. The molecule has 4 heteroatoms. The second-order valence-corrected chi connectivity index (χ2v) is 8.04. The highest BCUT2D eigenvalue weighted by Crippen LogP contribution is 2.39. The van der Waals surface area contributed by atoms with E-state index >= 15 is 0 Å². The van der Waals surface area contributed by atoms with Crippen LogP contribution in [0, 0.1) is 0 Å². The van der Waals surface area contributed by atoms with Crippen LogP contribution in [0.15, 0.2) is 72.8 Å². The van der Waals surface area contributed by atoms with Gasteiger partial charge in [0.05, 0.1) is 11.0 Å². The van der Waals surface area contributed by atoms with E-state index in [0.717, 1.165) is 40.2 Å². The molecule has 1 aliphatic rings. The number of benzene rings is 3. The number of unbranched alkanes of at least 4 members (excludes halogenated alkanes) is 1. The van der Waals surface area contributed by atoms with Gasteiger partial charge < -0.3 is 0 Å². The molecular formula is C26H24N2O2. The van der Waals surface area contributed by atoms with Crippen LogP contribution in [-0.4, -0.2) is 21.8 Å². The highest BCUT2D eigenvalue weighted by atomic mass is 16.2. The number of nitrogens with one attached hydrogen (secondary N) is 1. The lowest BCUT2D eigenvalue weighted by molar-refractivity contribution is 0.0644. The molecule has 4 nitrogen and oxygen atoms in total. The second kappa shape index (κ2) is 7.22. The number of nitrogens with zero attached hydrogens (tertiary/aromatic N) is 1. The van der Waals surface area contributed by atoms with E-state index in [1.54, 1.807) is 4.57 Å². The number of Topliss-reactive ketones (excluding diaryl/α,β-unsaturated/α-hetero) is 1. The standard InChI is InChI=1S/C26H24N2O2/c1-2-3-16-26(27-17-18-10-5-4-6-11-18)24(29)21-14-9-13-20-19-12-7-8-15-22(19)28(23(20)21)25(26)30/h4-15,27H,2-3,16-17H2,1H3. The predicted molar refractivity (Wildman–Crippen MR) is 120 cm³/mol. The van der Waals surface area contributed by atoms with Crippen LogP contribution in [0.25, 0.3) is 21.8 Å². The van der Waals surface area contributed by atoms with Gasteiger partial charge in [-0.05, 0) is 24.1 Å². The van der Waals surface area contributed by atoms with E-state index in [9.17, 15) is 9.59 Å². The van der Waals surface area contributed by atoms with Crippen molar-refractivity contribution in [3.05, 3.63) is 83.9 Å². The van der Waals surface area contributed by atoms with Gasteiger partial charge in [-0.15, -0.1) is 0 Å². The van der Waals surface area contributed by atoms with E-state index in [2.05, 4.69) is 12.2 Å². The van der Waals surface area contributed by atoms with E-state index < -0.39 is 5.54 Å². The number of carbonyl (C=O) groups is 2. The van der Waals surface area contributed by atoms with Crippen LogP contribution in [0.3, 0.4) is 0 Å². The maximum absolute atomic E-state index is 14.0. The summed E-state index contributed by atoms with van der Waals surface area (Å²) in [7, 11) is 0. The first kappa shape index (κ1) is 18.8. The zero-order valence-corrected chi connectivity index (χ0v) is 17.0. The fraction of sp³-hybridized carbons (Fsp3) is 0.231. The van der Waals surface area contributed by atoms with Gasteiger partial charge in [0.25, 0.3) is 5.91 Å². The van der Waals surface area contributed by atoms with Crippen molar-refractivity contribution in [1.82, 2.24) is 9.88 Å². The molecule has 1 aromatic heterocycles. The predicted octanol–water partition coefficient (Wildman–Crippen LogP) is 5.35. The Balaban J connectivity index is 1.71. The molecule has 0 spiro atoms. The van der Waals surface area contributed by atoms with Gasteiger partial charge in [0.1, 0.15) is 0 Å². The number of carbonyl (C=O) groups excluding carboxylic acids is 2. The van der Waals surface area contributed by atoms with Crippen molar-refractivity contribution >= 4 is 33.5 Å². The number of rotatable bonds is 6. The van der Waals surface area contributed by atoms with E-state index in [4.69, 9.17) is 0 Å². The molecule has 0 saturated heterocycles. The van der Waals surface area contributed by atoms with Crippen molar-refractivity contribution in [2.24, 2.45) is 0 Å². The molecule has 0 radical (unpaired) electrons. The summed E-state index contributed by atoms with van der Waals surface area (Å²) >= 11 is 0. The summed E-state index contributed by atoms with van der Waals surface area (Å²) in [6.07, 6.45) is 2.19. The zero-order chi connectivity index (χ0) is 20.7. The van der Waals surface area contributed by atoms with Crippen molar-refractivity contribution in [3.63, 3.8) is 0 Å². The van der Waals surface area contributed by atoms with Crippen LogP contribution in [-0.2, 0) is 6.54 Å². The minimum Gasteiger partial charge on any atom is -0.293 e. The Kier molecular flexibility index (Phi) is 4.52. The number of hydrogen-bond acceptors (Lipinski definition) is 3. The summed E-state index contributed by atoms with van der Waals surface area (Å²) in [5, 5.41) is 5.36. The van der Waals surface area contributed by atoms with Gasteiger partial charge in [-0.25, -0.2) is 0 Å². The van der Waals surface area contributed by atoms with Gasteiger partial charge in [-0.3, -0.25) is 19.5 Å². The smallest absolute Gasteiger partial charge is 0.260 e. The van der Waals surface area contributed by atoms with E-state index in [1.165, 1.54) is 0 Å². The highest BCUT2D eigenvalue weighted by molar-refractivity contribution is 6.31. The first-order valence-electron chi connectivity index (χ1n) is 10.6. The molecule has 5 rings (SSSR count). The van der Waals surface area contributed by atoms with Gasteiger partial charge in [-0.2, -0.15) is 0 Å². The quantitative estimate of drug-likeness (QED) is 0.447. The Morgan fingerprint density at radius 1 is 0.867 bits per heavy atom. The van der Waals surface area contributed by atoms with Crippen LogP contribution in [0.5, 0.6) is 0 Å². The molecule has 0 amide bonds. The Morgan fingerprint density at radius 3 is 2.40 bits per heavy atom. The molecule has 4 aromatic rings. The lowest BCUT2D eigenvalue weighted by Crippen LogP contribution is -2.61. The van der Waals surface area contributed by atoms with Crippen LogP contribution in [0.2, 0.25) is 0 Å². The fourth-order valence-corrected chi connectivity index (χ4v) is 4.69. The first-order chi connectivity index (χ1) is 14.7. The molecule has 0 saturated carbocycles. The van der Waals surface area contributed by atoms with Crippen LogP contribution in [0.4, 0.5) is 0 Å². The summed E-state index contributed by atoms with van der Waals surface area (Å²) in [4.78, 5) is 27.9. The molecule has 30 heavy (non-hydrogen) atoms. The molecule has 1 unspecified atom stereocenters. The molecule has 3 aromatic carbocycles. The fourth-order valence-electron chi connectivity index (χ4n) is 4.69. The number of hydrogen-bond donors (Lipinski definition) is 1. The van der Waals surface area contributed by atoms with Gasteiger partial charge in [-0.1, -0.05) is 80.4 Å². The van der Waals surface area contributed by atoms with Gasteiger partial charge in [0.2, 0.25) is 0 Å². The summed E-state index contributed by atoms with van der Waals surface area (Å²) in [6, 6.07) is 23.6. The van der Waals surface area contributed by atoms with E-state index in [1.807, 2.05) is 72.8 Å². The lowest BCUT2D eigenvalue weighted by atomic mass is 9.80. The molecule has 1 atom stereocenters. The molecule has 1 N–H and O–H groups in total. The van der Waals surface area contributed by atoms with Crippen LogP contribution < -0.4 is 5.32 Å². The Labute approximate surface area is 175 Å². The van der Waals surface area contributed by atoms with Crippen LogP contribution in [0.1, 0.15) is 46.9 Å². The summed E-state index contributed by atoms with van der Waals surface area (Å²) < 4.78 is 1.77. The van der Waals surface area contributed by atoms with Crippen molar-refractivity contribution in [2.45, 2.75) is 38.3 Å². The van der Waals surface area contributed by atoms with Crippen molar-refractivity contribution in [2.75, 3.05) is 0 Å². The Morgan fingerprint density at radius 2 is 1.60 bits per heavy atom. The van der Waals surface area contributed by atoms with Crippen molar-refractivity contribution in [3.8, 4) is 0 Å². The van der Waals surface area contributed by atoms with E-state index in [-0.39, 0.29) is 11.7 Å². The molecular weight excluding hydrogens is 372 g/mol. The molecule has 0 aliphatic carbocycles. The Bertz CT molecular complexity index is 1270. The number of aromatic nitrogens is 1. The summed E-state index contributed by atoms with van der Waals surface area (Å²) in [6.45, 7) is 2.55. The molecule has 0 bridgehead atoms. The number of para-hydroxylation sites is 2. The SMILES string of the molecule is CCCCC1(NCc2ccccc2)C(=O)c2cccc3c4ccccc4n(c23)C1=O.